The fourth-order valence-corrected chi connectivity index (χ4v) is 5.46. The highest BCUT2D eigenvalue weighted by Crippen LogP contribution is 2.42. The van der Waals surface area contributed by atoms with Crippen LogP contribution in [0, 0.1) is 0 Å². The number of likely N-dealkylation sites (N-methyl/N-ethyl adjacent to an activating group) is 1. The summed E-state index contributed by atoms with van der Waals surface area (Å²) in [6, 6.07) is 16.2. The number of rotatable bonds is 4. The maximum atomic E-state index is 13.7. The van der Waals surface area contributed by atoms with Crippen molar-refractivity contribution in [3.8, 4) is 11.5 Å². The number of benzene rings is 3. The van der Waals surface area contributed by atoms with Crippen LogP contribution in [-0.4, -0.2) is 56.9 Å². The van der Waals surface area contributed by atoms with E-state index in [0.29, 0.717) is 40.9 Å². The molecule has 0 amide bonds. The van der Waals surface area contributed by atoms with Gasteiger partial charge in [0.25, 0.3) is 0 Å². The van der Waals surface area contributed by atoms with E-state index in [1.807, 2.05) is 49.3 Å². The predicted octanol–water partition coefficient (Wildman–Crippen LogP) is 3.25. The lowest BCUT2D eigenvalue weighted by Crippen LogP contribution is -2.38. The van der Waals surface area contributed by atoms with E-state index in [1.165, 1.54) is 0 Å². The summed E-state index contributed by atoms with van der Waals surface area (Å²) >= 11 is 0. The number of hydrogen-bond acceptors (Lipinski definition) is 6. The number of H-pyrrole nitrogens is 1. The van der Waals surface area contributed by atoms with Gasteiger partial charge in [0.2, 0.25) is 9.84 Å². The molecule has 1 atom stereocenters. The summed E-state index contributed by atoms with van der Waals surface area (Å²) in [4.78, 5) is 2.23. The van der Waals surface area contributed by atoms with Crippen molar-refractivity contribution in [3.05, 3.63) is 54.6 Å². The maximum absolute atomic E-state index is 13.7. The summed E-state index contributed by atoms with van der Waals surface area (Å²) < 4.78 is 39.4. The molecule has 5 rings (SSSR count). The molecule has 0 radical (unpaired) electrons. The Kier molecular flexibility index (Phi) is 4.41. The number of nitrogens with zero attached hydrogens (tertiary/aromatic N) is 2. The van der Waals surface area contributed by atoms with Gasteiger partial charge in [0.05, 0.1) is 15.8 Å². The van der Waals surface area contributed by atoms with Gasteiger partial charge < -0.3 is 14.4 Å². The minimum Gasteiger partial charge on any atom is -0.486 e. The van der Waals surface area contributed by atoms with Gasteiger partial charge in [-0.25, -0.2) is 8.42 Å². The van der Waals surface area contributed by atoms with Crippen molar-refractivity contribution in [1.82, 2.24) is 15.1 Å². The normalized spacial score (nSPS) is 16.4. The lowest BCUT2D eigenvalue weighted by Gasteiger charge is -2.28. The summed E-state index contributed by atoms with van der Waals surface area (Å²) in [6.45, 7) is 1.05. The van der Waals surface area contributed by atoms with Gasteiger partial charge in [-0.15, -0.1) is 0 Å². The summed E-state index contributed by atoms with van der Waals surface area (Å²) in [7, 11) is 0.0173. The standard InChI is InChI=1S/C22H21N3O4S/c1-25(2)12-15-13-28-18-11-10-17-20(21(18)29-15)22(24-23-17)30(26,27)19-9-5-7-14-6-3-4-8-16(14)19/h3-11,15H,12-13H2,1-2H3,(H,23,24)/t15-/m1/s1. The van der Waals surface area contributed by atoms with Crippen LogP contribution >= 0.6 is 0 Å². The highest BCUT2D eigenvalue weighted by atomic mass is 32.2. The van der Waals surface area contributed by atoms with Crippen molar-refractivity contribution in [2.24, 2.45) is 0 Å². The van der Waals surface area contributed by atoms with E-state index in [0.717, 1.165) is 5.39 Å². The summed E-state index contributed by atoms with van der Waals surface area (Å²) in [6.07, 6.45) is -0.207. The molecule has 8 heteroatoms. The third-order valence-corrected chi connectivity index (χ3v) is 6.96. The Hall–Kier alpha value is -3.10. The molecular formula is C22H21N3O4S. The highest BCUT2D eigenvalue weighted by molar-refractivity contribution is 7.91. The number of nitrogens with one attached hydrogen (secondary N) is 1. The fraction of sp³-hybridized carbons (Fsp3) is 0.227. The first-order valence-corrected chi connectivity index (χ1v) is 11.1. The van der Waals surface area contributed by atoms with E-state index in [1.54, 1.807) is 24.3 Å². The van der Waals surface area contributed by atoms with Crippen LogP contribution in [0.3, 0.4) is 0 Å². The number of ether oxygens (including phenoxy) is 2. The highest BCUT2D eigenvalue weighted by Gasteiger charge is 2.31. The predicted molar refractivity (Wildman–Crippen MR) is 114 cm³/mol. The number of aromatic amines is 1. The molecule has 0 aliphatic carbocycles. The first-order chi connectivity index (χ1) is 14.4. The molecule has 1 aromatic heterocycles. The largest absolute Gasteiger partial charge is 0.486 e. The Morgan fingerprint density at radius 3 is 2.73 bits per heavy atom. The van der Waals surface area contributed by atoms with Gasteiger partial charge in [-0.2, -0.15) is 5.10 Å². The average Bonchev–Trinajstić information content (AvgIpc) is 3.18. The van der Waals surface area contributed by atoms with Gasteiger partial charge in [0.1, 0.15) is 12.7 Å². The zero-order valence-electron chi connectivity index (χ0n) is 16.6. The van der Waals surface area contributed by atoms with Crippen LogP contribution < -0.4 is 9.47 Å². The Labute approximate surface area is 174 Å². The molecule has 30 heavy (non-hydrogen) atoms. The SMILES string of the molecule is CN(C)C[C@@H]1COc2ccc3n[nH]c(S(=O)(=O)c4cccc5ccccc45)c3c2O1. The zero-order valence-corrected chi connectivity index (χ0v) is 17.4. The molecule has 1 N–H and O–H groups in total. The summed E-state index contributed by atoms with van der Waals surface area (Å²) in [5, 5.41) is 8.93. The molecule has 2 heterocycles. The third-order valence-electron chi connectivity index (χ3n) is 5.19. The molecule has 3 aromatic carbocycles. The number of sulfone groups is 1. The molecule has 4 aromatic rings. The number of fused-ring (bicyclic) bond motifs is 4. The van der Waals surface area contributed by atoms with Crippen LogP contribution in [0.25, 0.3) is 21.7 Å². The van der Waals surface area contributed by atoms with Crippen molar-refractivity contribution < 1.29 is 17.9 Å². The van der Waals surface area contributed by atoms with E-state index in [9.17, 15) is 8.42 Å². The molecule has 1 aliphatic heterocycles. The molecular weight excluding hydrogens is 402 g/mol. The molecule has 0 bridgehead atoms. The molecule has 7 nitrogen and oxygen atoms in total. The quantitative estimate of drug-likeness (QED) is 0.542. The Bertz CT molecular complexity index is 1360. The van der Waals surface area contributed by atoms with Gasteiger partial charge in [0, 0.05) is 11.9 Å². The molecule has 0 unspecified atom stereocenters. The zero-order chi connectivity index (χ0) is 20.9. The Morgan fingerprint density at radius 1 is 1.10 bits per heavy atom. The smallest absolute Gasteiger partial charge is 0.224 e. The van der Waals surface area contributed by atoms with Crippen molar-refractivity contribution in [1.29, 1.82) is 0 Å². The fourth-order valence-electron chi connectivity index (χ4n) is 3.88. The third kappa shape index (κ3) is 3.00. The van der Waals surface area contributed by atoms with E-state index in [4.69, 9.17) is 9.47 Å². The van der Waals surface area contributed by atoms with Crippen LogP contribution in [0.4, 0.5) is 0 Å². The van der Waals surface area contributed by atoms with Gasteiger partial charge >= 0.3 is 0 Å². The van der Waals surface area contributed by atoms with Crippen LogP contribution in [0.5, 0.6) is 11.5 Å². The number of aromatic nitrogens is 2. The molecule has 0 saturated heterocycles. The van der Waals surface area contributed by atoms with E-state index in [2.05, 4.69) is 10.2 Å². The van der Waals surface area contributed by atoms with Crippen LogP contribution in [-0.2, 0) is 9.84 Å². The second-order valence-electron chi connectivity index (χ2n) is 7.63. The van der Waals surface area contributed by atoms with Crippen molar-refractivity contribution in [2.45, 2.75) is 16.0 Å². The van der Waals surface area contributed by atoms with E-state index in [-0.39, 0.29) is 16.0 Å². The van der Waals surface area contributed by atoms with Gasteiger partial charge in [-0.05, 0) is 37.7 Å². The number of hydrogen-bond donors (Lipinski definition) is 1. The lowest BCUT2D eigenvalue weighted by molar-refractivity contribution is 0.0727. The average molecular weight is 423 g/mol. The molecule has 1 aliphatic rings. The van der Waals surface area contributed by atoms with Gasteiger partial charge in [-0.1, -0.05) is 36.4 Å². The topological polar surface area (TPSA) is 84.5 Å². The first kappa shape index (κ1) is 18.9. The van der Waals surface area contributed by atoms with Crippen molar-refractivity contribution in [2.75, 3.05) is 27.2 Å². The lowest BCUT2D eigenvalue weighted by atomic mass is 10.1. The van der Waals surface area contributed by atoms with E-state index < -0.39 is 9.84 Å². The molecule has 154 valence electrons. The van der Waals surface area contributed by atoms with Gasteiger partial charge in [0.15, 0.2) is 16.5 Å². The molecule has 0 saturated carbocycles. The van der Waals surface area contributed by atoms with Crippen LogP contribution in [0.1, 0.15) is 0 Å². The molecule has 0 spiro atoms. The maximum Gasteiger partial charge on any atom is 0.224 e. The minimum atomic E-state index is -3.89. The summed E-state index contributed by atoms with van der Waals surface area (Å²) in [5.74, 6) is 0.937. The minimum absolute atomic E-state index is 0.0137. The van der Waals surface area contributed by atoms with Crippen molar-refractivity contribution in [3.63, 3.8) is 0 Å². The van der Waals surface area contributed by atoms with Crippen LogP contribution in [0.15, 0.2) is 64.5 Å². The summed E-state index contributed by atoms with van der Waals surface area (Å²) in [5.41, 5.74) is 0.515. The second kappa shape index (κ2) is 7.00. The van der Waals surface area contributed by atoms with Gasteiger partial charge in [-0.3, -0.25) is 5.10 Å². The monoisotopic (exact) mass is 423 g/mol. The first-order valence-electron chi connectivity index (χ1n) is 9.63. The Morgan fingerprint density at radius 2 is 1.90 bits per heavy atom. The van der Waals surface area contributed by atoms with E-state index >= 15 is 0 Å². The van der Waals surface area contributed by atoms with Crippen molar-refractivity contribution >= 4 is 31.5 Å². The Balaban J connectivity index is 1.70. The molecule has 0 fully saturated rings. The second-order valence-corrected chi connectivity index (χ2v) is 9.49. The van der Waals surface area contributed by atoms with Crippen LogP contribution in [0.2, 0.25) is 0 Å².